The summed E-state index contributed by atoms with van der Waals surface area (Å²) in [5.74, 6) is 6.69. The molecule has 0 aliphatic heterocycles. The highest BCUT2D eigenvalue weighted by atomic mass is 35.5. The van der Waals surface area contributed by atoms with Crippen LogP contribution in [0.15, 0.2) is 49.0 Å². The smallest absolute Gasteiger partial charge is 0.120 e. The number of benzene rings is 2. The number of methoxy groups -OCH3 is 1. The molecule has 0 aromatic heterocycles. The number of anilines is 1. The van der Waals surface area contributed by atoms with Gasteiger partial charge in [-0.1, -0.05) is 48.2 Å². The van der Waals surface area contributed by atoms with Gasteiger partial charge in [0, 0.05) is 27.4 Å². The second kappa shape index (κ2) is 6.18. The lowest BCUT2D eigenvalue weighted by molar-refractivity contribution is 0.371. The van der Waals surface area contributed by atoms with Gasteiger partial charge in [0.25, 0.3) is 0 Å². The summed E-state index contributed by atoms with van der Waals surface area (Å²) in [5, 5.41) is 0.609. The van der Waals surface area contributed by atoms with Gasteiger partial charge in [-0.25, -0.2) is 0 Å². The zero-order valence-electron chi connectivity index (χ0n) is 11.1. The Kier molecular flexibility index (Phi) is 4.34. The second-order valence-electron chi connectivity index (χ2n) is 4.15. The number of ether oxygens (including phenoxy) is 1. The minimum Gasteiger partial charge on any atom is -0.497 e. The summed E-state index contributed by atoms with van der Waals surface area (Å²) in [4.78, 5) is 0. The van der Waals surface area contributed by atoms with E-state index in [9.17, 15) is 0 Å². The Balaban J connectivity index is 2.43. The van der Waals surface area contributed by atoms with Gasteiger partial charge >= 0.3 is 0 Å². The molecular weight excluding hydrogens is 270 g/mol. The highest BCUT2D eigenvalue weighted by Crippen LogP contribution is 2.19. The third kappa shape index (κ3) is 3.14. The Labute approximate surface area is 123 Å². The number of nitrogens with two attached hydrogens (primary N) is 1. The first kappa shape index (κ1) is 14.0. The molecule has 0 heterocycles. The molecule has 0 radical (unpaired) electrons. The van der Waals surface area contributed by atoms with Gasteiger partial charge < -0.3 is 10.5 Å². The third-order valence-corrected chi connectivity index (χ3v) is 3.06. The largest absolute Gasteiger partial charge is 0.497 e. The maximum Gasteiger partial charge on any atom is 0.120 e. The summed E-state index contributed by atoms with van der Waals surface area (Å²) in [5.41, 5.74) is 8.88. The van der Waals surface area contributed by atoms with E-state index in [1.54, 1.807) is 25.3 Å². The molecule has 2 N–H and O–H groups in total. The van der Waals surface area contributed by atoms with Crippen molar-refractivity contribution in [2.24, 2.45) is 0 Å². The van der Waals surface area contributed by atoms with E-state index in [0.29, 0.717) is 22.0 Å². The molecule has 2 nitrogen and oxygen atoms in total. The normalized spacial score (nSPS) is 9.50. The summed E-state index contributed by atoms with van der Waals surface area (Å²) < 4.78 is 5.16. The first-order chi connectivity index (χ1) is 9.61. The van der Waals surface area contributed by atoms with Crippen molar-refractivity contribution < 1.29 is 4.74 Å². The quantitative estimate of drug-likeness (QED) is 0.515. The van der Waals surface area contributed by atoms with E-state index in [4.69, 9.17) is 22.1 Å². The Hall–Kier alpha value is -2.37. The highest BCUT2D eigenvalue weighted by Gasteiger charge is 2.03. The van der Waals surface area contributed by atoms with Crippen LogP contribution in [0.2, 0.25) is 5.02 Å². The average Bonchev–Trinajstić information content (AvgIpc) is 2.47. The molecule has 0 fully saturated rings. The molecule has 2 aromatic carbocycles. The van der Waals surface area contributed by atoms with Crippen LogP contribution in [-0.2, 0) is 4.74 Å². The molecule has 0 spiro atoms. The lowest BCUT2D eigenvalue weighted by Crippen LogP contribution is -1.91. The van der Waals surface area contributed by atoms with Gasteiger partial charge in [-0.2, -0.15) is 0 Å². The van der Waals surface area contributed by atoms with E-state index in [1.165, 1.54) is 0 Å². The van der Waals surface area contributed by atoms with Crippen molar-refractivity contribution in [2.75, 3.05) is 12.8 Å². The second-order valence-corrected chi connectivity index (χ2v) is 4.59. The maximum atomic E-state index is 5.95. The van der Waals surface area contributed by atoms with Crippen molar-refractivity contribution in [2.45, 2.75) is 0 Å². The number of hydrogen-bond acceptors (Lipinski definition) is 2. The topological polar surface area (TPSA) is 35.2 Å². The van der Waals surface area contributed by atoms with Crippen LogP contribution in [0, 0.1) is 11.8 Å². The van der Waals surface area contributed by atoms with Crippen LogP contribution in [0.5, 0.6) is 0 Å². The van der Waals surface area contributed by atoms with E-state index >= 15 is 0 Å². The van der Waals surface area contributed by atoms with E-state index in [-0.39, 0.29) is 0 Å². The van der Waals surface area contributed by atoms with Gasteiger partial charge in [0.1, 0.15) is 5.76 Å². The van der Waals surface area contributed by atoms with E-state index in [0.717, 1.165) is 11.1 Å². The monoisotopic (exact) mass is 283 g/mol. The molecule has 100 valence electrons. The molecule has 0 saturated carbocycles. The molecule has 2 rings (SSSR count). The SMILES string of the molecule is C=C(OC)c1ccccc1C#Cc1cc(Cl)ccc1N. The van der Waals surface area contributed by atoms with Crippen molar-refractivity contribution in [1.82, 2.24) is 0 Å². The zero-order chi connectivity index (χ0) is 14.5. The van der Waals surface area contributed by atoms with Gasteiger partial charge in [0.05, 0.1) is 7.11 Å². The number of rotatable bonds is 2. The van der Waals surface area contributed by atoms with Crippen molar-refractivity contribution in [3.8, 4) is 11.8 Å². The summed E-state index contributed by atoms with van der Waals surface area (Å²) >= 11 is 5.95. The van der Waals surface area contributed by atoms with Gasteiger partial charge in [0.15, 0.2) is 0 Å². The molecule has 0 amide bonds. The van der Waals surface area contributed by atoms with Crippen LogP contribution in [0.1, 0.15) is 16.7 Å². The van der Waals surface area contributed by atoms with Crippen LogP contribution in [-0.4, -0.2) is 7.11 Å². The molecular formula is C17H14ClNO. The van der Waals surface area contributed by atoms with Gasteiger partial charge in [0.2, 0.25) is 0 Å². The lowest BCUT2D eigenvalue weighted by atomic mass is 10.1. The van der Waals surface area contributed by atoms with E-state index in [1.807, 2.05) is 24.3 Å². The van der Waals surface area contributed by atoms with Gasteiger partial charge in [-0.05, 0) is 24.3 Å². The van der Waals surface area contributed by atoms with Crippen LogP contribution >= 0.6 is 11.6 Å². The summed E-state index contributed by atoms with van der Waals surface area (Å²) in [6.07, 6.45) is 0. The Morgan fingerprint density at radius 3 is 2.60 bits per heavy atom. The molecule has 2 aromatic rings. The maximum absolute atomic E-state index is 5.95. The lowest BCUT2D eigenvalue weighted by Gasteiger charge is -2.06. The third-order valence-electron chi connectivity index (χ3n) is 2.82. The number of halogens is 1. The van der Waals surface area contributed by atoms with Crippen molar-refractivity contribution in [1.29, 1.82) is 0 Å². The fourth-order valence-corrected chi connectivity index (χ4v) is 1.89. The standard InChI is InChI=1S/C17H14ClNO/c1-12(20-2)16-6-4-3-5-13(16)7-8-14-11-15(18)9-10-17(14)19/h3-6,9-11H,1,19H2,2H3. The minimum atomic E-state index is 0.578. The van der Waals surface area contributed by atoms with Crippen molar-refractivity contribution >= 4 is 23.0 Å². The zero-order valence-corrected chi connectivity index (χ0v) is 11.9. The molecule has 0 aliphatic carbocycles. The molecule has 0 bridgehead atoms. The summed E-state index contributed by atoms with van der Waals surface area (Å²) in [6.45, 7) is 3.85. The van der Waals surface area contributed by atoms with E-state index < -0.39 is 0 Å². The summed E-state index contributed by atoms with van der Waals surface area (Å²) in [6, 6.07) is 12.9. The Morgan fingerprint density at radius 1 is 1.15 bits per heavy atom. The molecule has 0 saturated heterocycles. The van der Waals surface area contributed by atoms with Gasteiger partial charge in [-0.3, -0.25) is 0 Å². The van der Waals surface area contributed by atoms with Crippen LogP contribution in [0.4, 0.5) is 5.69 Å². The average molecular weight is 284 g/mol. The minimum absolute atomic E-state index is 0.578. The molecule has 3 heteroatoms. The van der Waals surface area contributed by atoms with Crippen molar-refractivity contribution in [3.05, 3.63) is 70.8 Å². The first-order valence-corrected chi connectivity index (χ1v) is 6.39. The molecule has 0 unspecified atom stereocenters. The first-order valence-electron chi connectivity index (χ1n) is 6.01. The van der Waals surface area contributed by atoms with Gasteiger partial charge in [-0.15, -0.1) is 0 Å². The molecule has 0 aliphatic rings. The Morgan fingerprint density at radius 2 is 1.85 bits per heavy atom. The number of nitrogen functional groups attached to an aromatic ring is 1. The van der Waals surface area contributed by atoms with Crippen LogP contribution in [0.25, 0.3) is 5.76 Å². The fraction of sp³-hybridized carbons (Fsp3) is 0.0588. The predicted octanol–water partition coefficient (Wildman–Crippen LogP) is 3.94. The fourth-order valence-electron chi connectivity index (χ4n) is 1.72. The van der Waals surface area contributed by atoms with Crippen molar-refractivity contribution in [3.63, 3.8) is 0 Å². The molecule has 0 atom stereocenters. The van der Waals surface area contributed by atoms with Crippen LogP contribution in [0.3, 0.4) is 0 Å². The Bertz CT molecular complexity index is 710. The predicted molar refractivity (Wildman–Crippen MR) is 84.3 cm³/mol. The highest BCUT2D eigenvalue weighted by molar-refractivity contribution is 6.30. The van der Waals surface area contributed by atoms with E-state index in [2.05, 4.69) is 18.4 Å². The number of hydrogen-bond donors (Lipinski definition) is 1. The van der Waals surface area contributed by atoms with Crippen LogP contribution < -0.4 is 5.73 Å². The summed E-state index contributed by atoms with van der Waals surface area (Å²) in [7, 11) is 1.58. The molecule has 20 heavy (non-hydrogen) atoms.